The maximum atomic E-state index is 8.55. The SMILES string of the molecule is C/N=C(/C)OC(C)O. The Balaban J connectivity index is 3.39. The summed E-state index contributed by atoms with van der Waals surface area (Å²) in [6, 6.07) is 0. The predicted molar refractivity (Wildman–Crippen MR) is 31.8 cm³/mol. The maximum Gasteiger partial charge on any atom is 0.195 e. The maximum absolute atomic E-state index is 8.55. The lowest BCUT2D eigenvalue weighted by Gasteiger charge is -2.05. The Labute approximate surface area is 49.0 Å². The van der Waals surface area contributed by atoms with Crippen molar-refractivity contribution in [2.45, 2.75) is 20.1 Å². The molecule has 1 N–H and O–H groups in total. The highest BCUT2D eigenvalue weighted by Crippen LogP contribution is 1.85. The molecule has 0 radical (unpaired) electrons. The highest BCUT2D eigenvalue weighted by Gasteiger charge is 1.93. The van der Waals surface area contributed by atoms with Crippen LogP contribution >= 0.6 is 0 Å². The van der Waals surface area contributed by atoms with Crippen molar-refractivity contribution < 1.29 is 9.84 Å². The van der Waals surface area contributed by atoms with Gasteiger partial charge in [-0.3, -0.25) is 4.99 Å². The molecule has 0 saturated heterocycles. The van der Waals surface area contributed by atoms with Gasteiger partial charge in [-0.25, -0.2) is 0 Å². The van der Waals surface area contributed by atoms with E-state index in [1.807, 2.05) is 0 Å². The largest absolute Gasteiger partial charge is 0.453 e. The van der Waals surface area contributed by atoms with Crippen molar-refractivity contribution in [3.8, 4) is 0 Å². The molecule has 0 rings (SSSR count). The van der Waals surface area contributed by atoms with Crippen molar-refractivity contribution in [3.63, 3.8) is 0 Å². The normalized spacial score (nSPS) is 15.8. The molecule has 0 fully saturated rings. The van der Waals surface area contributed by atoms with Crippen LogP contribution in [-0.2, 0) is 4.74 Å². The molecular weight excluding hydrogens is 106 g/mol. The molecule has 0 aromatic rings. The minimum Gasteiger partial charge on any atom is -0.453 e. The Morgan fingerprint density at radius 3 is 2.38 bits per heavy atom. The van der Waals surface area contributed by atoms with E-state index in [9.17, 15) is 0 Å². The molecule has 1 unspecified atom stereocenters. The summed E-state index contributed by atoms with van der Waals surface area (Å²) < 4.78 is 4.70. The van der Waals surface area contributed by atoms with E-state index in [0.29, 0.717) is 5.90 Å². The number of hydrogen-bond acceptors (Lipinski definition) is 3. The van der Waals surface area contributed by atoms with Crippen molar-refractivity contribution in [2.75, 3.05) is 7.05 Å². The van der Waals surface area contributed by atoms with Crippen LogP contribution in [0.1, 0.15) is 13.8 Å². The standard InChI is InChI=1S/C5H11NO2/c1-4(6-3)8-5(2)7/h5,7H,1-3H3/b6-4-. The van der Waals surface area contributed by atoms with Crippen LogP contribution in [0.5, 0.6) is 0 Å². The zero-order valence-electron chi connectivity index (χ0n) is 5.38. The molecule has 3 nitrogen and oxygen atoms in total. The summed E-state index contributed by atoms with van der Waals surface area (Å²) in [5.74, 6) is 0.500. The van der Waals surface area contributed by atoms with E-state index in [4.69, 9.17) is 9.84 Å². The zero-order valence-corrected chi connectivity index (χ0v) is 5.38. The quantitative estimate of drug-likeness (QED) is 0.306. The van der Waals surface area contributed by atoms with E-state index in [-0.39, 0.29) is 0 Å². The summed E-state index contributed by atoms with van der Waals surface area (Å²) in [5.41, 5.74) is 0. The average Bonchev–Trinajstić information content (AvgIpc) is 1.65. The van der Waals surface area contributed by atoms with Gasteiger partial charge in [0.05, 0.1) is 0 Å². The molecule has 0 spiro atoms. The van der Waals surface area contributed by atoms with E-state index >= 15 is 0 Å². The van der Waals surface area contributed by atoms with Crippen molar-refractivity contribution in [1.82, 2.24) is 0 Å². The van der Waals surface area contributed by atoms with Crippen LogP contribution in [-0.4, -0.2) is 24.3 Å². The fraction of sp³-hybridized carbons (Fsp3) is 0.800. The van der Waals surface area contributed by atoms with Gasteiger partial charge in [-0.2, -0.15) is 0 Å². The molecule has 48 valence electrons. The molecule has 0 heterocycles. The lowest BCUT2D eigenvalue weighted by Crippen LogP contribution is -2.10. The molecule has 0 aromatic heterocycles. The first-order chi connectivity index (χ1) is 3.66. The summed E-state index contributed by atoms with van der Waals surface area (Å²) in [5, 5.41) is 8.55. The summed E-state index contributed by atoms with van der Waals surface area (Å²) in [7, 11) is 1.61. The molecule has 8 heavy (non-hydrogen) atoms. The lowest BCUT2D eigenvalue weighted by molar-refractivity contribution is -0.0113. The third-order valence-electron chi connectivity index (χ3n) is 0.656. The van der Waals surface area contributed by atoms with Gasteiger partial charge in [-0.1, -0.05) is 0 Å². The highest BCUT2D eigenvalue weighted by molar-refractivity contribution is 5.72. The van der Waals surface area contributed by atoms with Crippen LogP contribution in [0.4, 0.5) is 0 Å². The van der Waals surface area contributed by atoms with Gasteiger partial charge >= 0.3 is 0 Å². The van der Waals surface area contributed by atoms with E-state index < -0.39 is 6.29 Å². The van der Waals surface area contributed by atoms with Gasteiger partial charge in [0.2, 0.25) is 0 Å². The third kappa shape index (κ3) is 3.61. The number of aliphatic hydroxyl groups is 1. The lowest BCUT2D eigenvalue weighted by atomic mass is 10.7. The van der Waals surface area contributed by atoms with E-state index in [0.717, 1.165) is 0 Å². The van der Waals surface area contributed by atoms with Gasteiger partial charge in [0, 0.05) is 14.0 Å². The topological polar surface area (TPSA) is 41.8 Å². The molecule has 1 atom stereocenters. The molecule has 0 bridgehead atoms. The van der Waals surface area contributed by atoms with Gasteiger partial charge in [-0.05, 0) is 6.92 Å². The molecular formula is C5H11NO2. The number of ether oxygens (including phenoxy) is 1. The zero-order chi connectivity index (χ0) is 6.57. The molecule has 0 aromatic carbocycles. The Bertz CT molecular complexity index is 88.4. The number of aliphatic imine (C=N–C) groups is 1. The first-order valence-electron chi connectivity index (χ1n) is 2.45. The average molecular weight is 117 g/mol. The molecule has 0 saturated carbocycles. The first kappa shape index (κ1) is 7.43. The Morgan fingerprint density at radius 1 is 1.75 bits per heavy atom. The number of hydrogen-bond donors (Lipinski definition) is 1. The molecule has 0 amide bonds. The minimum atomic E-state index is -0.751. The smallest absolute Gasteiger partial charge is 0.195 e. The Hall–Kier alpha value is -0.570. The minimum absolute atomic E-state index is 0.500. The van der Waals surface area contributed by atoms with Crippen molar-refractivity contribution in [3.05, 3.63) is 0 Å². The third-order valence-corrected chi connectivity index (χ3v) is 0.656. The fourth-order valence-electron chi connectivity index (χ4n) is 0.300. The summed E-state index contributed by atoms with van der Waals surface area (Å²) >= 11 is 0. The molecule has 0 aliphatic rings. The van der Waals surface area contributed by atoms with Crippen molar-refractivity contribution in [1.29, 1.82) is 0 Å². The first-order valence-corrected chi connectivity index (χ1v) is 2.45. The van der Waals surface area contributed by atoms with Gasteiger partial charge in [0.1, 0.15) is 0 Å². The second-order valence-corrected chi connectivity index (χ2v) is 1.46. The number of rotatable bonds is 1. The second-order valence-electron chi connectivity index (χ2n) is 1.46. The second kappa shape index (κ2) is 3.43. The Kier molecular flexibility index (Phi) is 3.19. The number of nitrogens with zero attached hydrogens (tertiary/aromatic N) is 1. The van der Waals surface area contributed by atoms with Gasteiger partial charge in [0.15, 0.2) is 12.2 Å². The molecule has 0 aliphatic carbocycles. The van der Waals surface area contributed by atoms with E-state index in [1.54, 1.807) is 14.0 Å². The van der Waals surface area contributed by atoms with Crippen LogP contribution in [0.25, 0.3) is 0 Å². The van der Waals surface area contributed by atoms with E-state index in [1.165, 1.54) is 6.92 Å². The van der Waals surface area contributed by atoms with Gasteiger partial charge < -0.3 is 9.84 Å². The predicted octanol–water partition coefficient (Wildman–Crippen LogP) is 0.390. The monoisotopic (exact) mass is 117 g/mol. The highest BCUT2D eigenvalue weighted by atomic mass is 16.6. The van der Waals surface area contributed by atoms with Crippen molar-refractivity contribution in [2.24, 2.45) is 4.99 Å². The number of aliphatic hydroxyl groups excluding tert-OH is 1. The van der Waals surface area contributed by atoms with Crippen LogP contribution in [0.3, 0.4) is 0 Å². The van der Waals surface area contributed by atoms with Gasteiger partial charge in [-0.15, -0.1) is 0 Å². The van der Waals surface area contributed by atoms with Crippen LogP contribution in [0.15, 0.2) is 4.99 Å². The van der Waals surface area contributed by atoms with Crippen LogP contribution < -0.4 is 0 Å². The van der Waals surface area contributed by atoms with Crippen LogP contribution in [0, 0.1) is 0 Å². The molecule has 0 aliphatic heterocycles. The summed E-state index contributed by atoms with van der Waals surface area (Å²) in [6.07, 6.45) is -0.751. The van der Waals surface area contributed by atoms with Gasteiger partial charge in [0.25, 0.3) is 0 Å². The summed E-state index contributed by atoms with van der Waals surface area (Å²) in [4.78, 5) is 3.66. The van der Waals surface area contributed by atoms with Crippen LogP contribution in [0.2, 0.25) is 0 Å². The van der Waals surface area contributed by atoms with E-state index in [2.05, 4.69) is 4.99 Å². The Morgan fingerprint density at radius 2 is 2.25 bits per heavy atom. The molecule has 3 heteroatoms. The summed E-state index contributed by atoms with van der Waals surface area (Å²) in [6.45, 7) is 3.22. The fourth-order valence-corrected chi connectivity index (χ4v) is 0.300. The van der Waals surface area contributed by atoms with Crippen molar-refractivity contribution >= 4 is 5.90 Å².